The first-order valence-corrected chi connectivity index (χ1v) is 9.15. The van der Waals surface area contributed by atoms with Crippen molar-refractivity contribution in [3.63, 3.8) is 0 Å². The summed E-state index contributed by atoms with van der Waals surface area (Å²) in [6.07, 6.45) is 9.30. The molecule has 1 aromatic heterocycles. The lowest BCUT2D eigenvalue weighted by atomic mass is 9.82. The number of carbonyl (C=O) groups excluding carboxylic acids is 1. The molecule has 4 heteroatoms. The Hall–Kier alpha value is -2.20. The van der Waals surface area contributed by atoms with Crippen molar-refractivity contribution in [1.82, 2.24) is 4.98 Å². The second-order valence-corrected chi connectivity index (χ2v) is 6.95. The van der Waals surface area contributed by atoms with Gasteiger partial charge < -0.3 is 10.4 Å². The summed E-state index contributed by atoms with van der Waals surface area (Å²) in [4.78, 5) is 15.7. The fraction of sp³-hybridized carbons (Fsp3) is 0.429. The van der Waals surface area contributed by atoms with Crippen molar-refractivity contribution in [2.45, 2.75) is 57.5 Å². The third kappa shape index (κ3) is 4.26. The molecule has 4 nitrogen and oxygen atoms in total. The molecule has 1 aliphatic heterocycles. The molecule has 25 heavy (non-hydrogen) atoms. The molecule has 132 valence electrons. The normalized spacial score (nSPS) is 16.0. The average Bonchev–Trinajstić information content (AvgIpc) is 2.62. The van der Waals surface area contributed by atoms with E-state index >= 15 is 0 Å². The Morgan fingerprint density at radius 3 is 2.88 bits per heavy atom. The molecule has 0 radical (unpaired) electrons. The number of aromatic nitrogens is 1. The van der Waals surface area contributed by atoms with Crippen LogP contribution in [0, 0.1) is 0 Å². The third-order valence-corrected chi connectivity index (χ3v) is 4.95. The third-order valence-electron chi connectivity index (χ3n) is 4.95. The summed E-state index contributed by atoms with van der Waals surface area (Å²) < 4.78 is 0. The molecule has 2 N–H and O–H groups in total. The smallest absolute Gasteiger partial charge is 0.224 e. The Labute approximate surface area is 149 Å². The number of rotatable bonds is 7. The molecule has 1 aromatic carbocycles. The molecule has 0 saturated carbocycles. The van der Waals surface area contributed by atoms with Gasteiger partial charge >= 0.3 is 0 Å². The summed E-state index contributed by atoms with van der Waals surface area (Å²) in [6.45, 7) is 2.17. The van der Waals surface area contributed by atoms with Gasteiger partial charge in [-0.3, -0.25) is 9.78 Å². The number of unbranched alkanes of at least 4 members (excludes halogenated alkanes) is 2. The molecule has 2 aromatic rings. The van der Waals surface area contributed by atoms with Crippen LogP contribution in [0.5, 0.6) is 0 Å². The van der Waals surface area contributed by atoms with Gasteiger partial charge in [-0.1, -0.05) is 44.4 Å². The van der Waals surface area contributed by atoms with Crippen molar-refractivity contribution in [3.8, 4) is 0 Å². The number of nitrogens with zero attached hydrogens (tertiary/aromatic N) is 1. The largest absolute Gasteiger partial charge is 0.385 e. The van der Waals surface area contributed by atoms with Crippen molar-refractivity contribution < 1.29 is 9.90 Å². The van der Waals surface area contributed by atoms with Crippen LogP contribution in [0.15, 0.2) is 42.7 Å². The Balaban J connectivity index is 1.89. The topological polar surface area (TPSA) is 62.2 Å². The minimum absolute atomic E-state index is 0.0637. The molecule has 1 amide bonds. The van der Waals surface area contributed by atoms with Gasteiger partial charge in [-0.2, -0.15) is 0 Å². The lowest BCUT2D eigenvalue weighted by Crippen LogP contribution is -2.29. The number of amides is 1. The molecule has 3 rings (SSSR count). The highest BCUT2D eigenvalue weighted by molar-refractivity contribution is 5.93. The van der Waals surface area contributed by atoms with Crippen LogP contribution >= 0.6 is 0 Å². The van der Waals surface area contributed by atoms with Crippen molar-refractivity contribution in [2.75, 3.05) is 5.32 Å². The van der Waals surface area contributed by atoms with E-state index in [1.54, 1.807) is 6.20 Å². The summed E-state index contributed by atoms with van der Waals surface area (Å²) in [5.74, 6) is 0.0637. The molecule has 0 bridgehead atoms. The van der Waals surface area contributed by atoms with Crippen molar-refractivity contribution in [2.24, 2.45) is 0 Å². The van der Waals surface area contributed by atoms with E-state index in [1.165, 1.54) is 0 Å². The predicted octanol–water partition coefficient (Wildman–Crippen LogP) is 3.98. The van der Waals surface area contributed by atoms with Gasteiger partial charge in [-0.15, -0.1) is 0 Å². The van der Waals surface area contributed by atoms with Crippen LogP contribution in [0.2, 0.25) is 0 Å². The van der Waals surface area contributed by atoms with Gasteiger partial charge in [0.25, 0.3) is 0 Å². The number of anilines is 1. The van der Waals surface area contributed by atoms with Gasteiger partial charge in [0.15, 0.2) is 0 Å². The molecule has 1 aliphatic rings. The van der Waals surface area contributed by atoms with Gasteiger partial charge in [0.2, 0.25) is 5.91 Å². The first-order chi connectivity index (χ1) is 12.1. The summed E-state index contributed by atoms with van der Waals surface area (Å²) in [5.41, 5.74) is 3.04. The summed E-state index contributed by atoms with van der Waals surface area (Å²) in [6, 6.07) is 9.86. The molecule has 0 aliphatic carbocycles. The maximum Gasteiger partial charge on any atom is 0.224 e. The van der Waals surface area contributed by atoms with Crippen LogP contribution in [-0.2, 0) is 23.2 Å². The maximum absolute atomic E-state index is 11.6. The first-order valence-electron chi connectivity index (χ1n) is 9.15. The quantitative estimate of drug-likeness (QED) is 0.751. The van der Waals surface area contributed by atoms with E-state index in [-0.39, 0.29) is 5.91 Å². The van der Waals surface area contributed by atoms with E-state index in [2.05, 4.69) is 23.3 Å². The highest BCUT2D eigenvalue weighted by Gasteiger charge is 2.30. The molecule has 1 unspecified atom stereocenters. The molecule has 0 spiro atoms. The zero-order chi connectivity index (χ0) is 17.7. The highest BCUT2D eigenvalue weighted by atomic mass is 16.3. The standard InChI is InChI=1S/C21H26N2O2/c1-2-3-4-11-21(25,14-16-6-5-12-22-15-16)18-8-9-19-17(13-18)7-10-20(24)23-19/h5-6,8-9,12-13,15,25H,2-4,7,10-11,14H2,1H3,(H,23,24). The summed E-state index contributed by atoms with van der Waals surface area (Å²) >= 11 is 0. The van der Waals surface area contributed by atoms with Gasteiger partial charge in [0.1, 0.15) is 0 Å². The number of aryl methyl sites for hydroxylation is 1. The monoisotopic (exact) mass is 338 g/mol. The molecule has 0 fully saturated rings. The number of aliphatic hydroxyl groups is 1. The number of nitrogens with one attached hydrogen (secondary N) is 1. The minimum atomic E-state index is -0.908. The zero-order valence-corrected chi connectivity index (χ0v) is 14.8. The SMILES string of the molecule is CCCCCC(O)(Cc1cccnc1)c1ccc2c(c1)CCC(=O)N2. The zero-order valence-electron chi connectivity index (χ0n) is 14.8. The highest BCUT2D eigenvalue weighted by Crippen LogP contribution is 2.34. The number of carbonyl (C=O) groups is 1. The average molecular weight is 338 g/mol. The molecule has 0 saturated heterocycles. The van der Waals surface area contributed by atoms with Crippen molar-refractivity contribution >= 4 is 11.6 Å². The first kappa shape index (κ1) is 17.6. The number of pyridine rings is 1. The molecule has 1 atom stereocenters. The maximum atomic E-state index is 11.6. The van der Waals surface area contributed by atoms with E-state index in [4.69, 9.17) is 0 Å². The van der Waals surface area contributed by atoms with E-state index in [0.717, 1.165) is 54.5 Å². The second kappa shape index (κ2) is 7.79. The van der Waals surface area contributed by atoms with Crippen LogP contribution in [0.3, 0.4) is 0 Å². The number of fused-ring (bicyclic) bond motifs is 1. The van der Waals surface area contributed by atoms with E-state index in [1.807, 2.05) is 30.5 Å². The Bertz CT molecular complexity index is 730. The lowest BCUT2D eigenvalue weighted by molar-refractivity contribution is -0.116. The molecular weight excluding hydrogens is 312 g/mol. The number of hydrogen-bond acceptors (Lipinski definition) is 3. The molecular formula is C21H26N2O2. The number of hydrogen-bond donors (Lipinski definition) is 2. The van der Waals surface area contributed by atoms with E-state index in [9.17, 15) is 9.90 Å². The Morgan fingerprint density at radius 1 is 1.24 bits per heavy atom. The van der Waals surface area contributed by atoms with Crippen molar-refractivity contribution in [3.05, 3.63) is 59.4 Å². The van der Waals surface area contributed by atoms with Crippen molar-refractivity contribution in [1.29, 1.82) is 0 Å². The fourth-order valence-corrected chi connectivity index (χ4v) is 3.52. The van der Waals surface area contributed by atoms with Crippen LogP contribution in [-0.4, -0.2) is 16.0 Å². The molecule has 2 heterocycles. The van der Waals surface area contributed by atoms with Gasteiger partial charge in [-0.25, -0.2) is 0 Å². The van der Waals surface area contributed by atoms with Crippen LogP contribution < -0.4 is 5.32 Å². The summed E-state index contributed by atoms with van der Waals surface area (Å²) in [7, 11) is 0. The van der Waals surface area contributed by atoms with Gasteiger partial charge in [-0.05, 0) is 41.7 Å². The second-order valence-electron chi connectivity index (χ2n) is 6.95. The fourth-order valence-electron chi connectivity index (χ4n) is 3.52. The van der Waals surface area contributed by atoms with Gasteiger partial charge in [0.05, 0.1) is 5.60 Å². The van der Waals surface area contributed by atoms with Crippen LogP contribution in [0.25, 0.3) is 0 Å². The van der Waals surface area contributed by atoms with E-state index < -0.39 is 5.60 Å². The van der Waals surface area contributed by atoms with Crippen LogP contribution in [0.1, 0.15) is 55.7 Å². The summed E-state index contributed by atoms with van der Waals surface area (Å²) in [5, 5.41) is 14.4. The Kier molecular flexibility index (Phi) is 5.49. The van der Waals surface area contributed by atoms with Crippen LogP contribution in [0.4, 0.5) is 5.69 Å². The number of benzene rings is 1. The van der Waals surface area contributed by atoms with Gasteiger partial charge in [0, 0.05) is 30.9 Å². The Morgan fingerprint density at radius 2 is 2.12 bits per heavy atom. The lowest BCUT2D eigenvalue weighted by Gasteiger charge is -2.30. The minimum Gasteiger partial charge on any atom is -0.385 e. The van der Waals surface area contributed by atoms with E-state index in [0.29, 0.717) is 12.8 Å². The predicted molar refractivity (Wildman–Crippen MR) is 99.4 cm³/mol.